The van der Waals surface area contributed by atoms with Crippen LogP contribution in [0.15, 0.2) is 0 Å². The van der Waals surface area contributed by atoms with Gasteiger partial charge in [-0.1, -0.05) is 80.6 Å². The second kappa shape index (κ2) is 26.3. The van der Waals surface area contributed by atoms with Gasteiger partial charge >= 0.3 is 54.9 Å². The van der Waals surface area contributed by atoms with E-state index >= 15 is 0 Å². The zero-order chi connectivity index (χ0) is 66.2. The summed E-state index contributed by atoms with van der Waals surface area (Å²) in [6, 6.07) is 0. The van der Waals surface area contributed by atoms with E-state index in [4.69, 9.17) is 5.11 Å². The van der Waals surface area contributed by atoms with Crippen LogP contribution >= 0.6 is 0 Å². The minimum Gasteiger partial charge on any atom is -0.380 e. The molecular weight excluding hydrogens is 1190 g/mol. The predicted octanol–water partition coefficient (Wildman–Crippen LogP) is 16.5. The van der Waals surface area contributed by atoms with E-state index in [1.165, 1.54) is 6.92 Å². The molecule has 0 aromatic carbocycles. The predicted molar refractivity (Wildman–Crippen MR) is 257 cm³/mol. The van der Waals surface area contributed by atoms with Gasteiger partial charge in [-0.3, -0.25) is 0 Å². The molecule has 1 aliphatic heterocycles. The Labute approximate surface area is 468 Å². The van der Waals surface area contributed by atoms with Crippen LogP contribution < -0.4 is 0 Å². The van der Waals surface area contributed by atoms with E-state index < -0.39 is 148 Å². The van der Waals surface area contributed by atoms with Gasteiger partial charge in [0.05, 0.1) is 17.4 Å². The quantitative estimate of drug-likeness (QED) is 0.146. The van der Waals surface area contributed by atoms with Crippen molar-refractivity contribution in [1.29, 1.82) is 0 Å². The Balaban J connectivity index is 0.000000525. The molecule has 0 amide bonds. The molecule has 4 aliphatic carbocycles. The molecule has 0 radical (unpaired) electrons. The van der Waals surface area contributed by atoms with Gasteiger partial charge in [0.15, 0.2) is 28.0 Å². The molecule has 0 aromatic rings. The van der Waals surface area contributed by atoms with Gasteiger partial charge < -0.3 is 35.4 Å². The van der Waals surface area contributed by atoms with Crippen LogP contribution in [-0.4, -0.2) is 120 Å². The van der Waals surface area contributed by atoms with Crippen LogP contribution in [0, 0.1) is 64.1 Å². The second-order valence-electron chi connectivity index (χ2n) is 25.9. The van der Waals surface area contributed by atoms with Gasteiger partial charge in [0.25, 0.3) is 0 Å². The molecule has 30 heteroatoms. The lowest BCUT2D eigenvalue weighted by atomic mass is 9.65. The standard InChI is InChI=1S/C13H20F6O2.C13H20F6O.2C10H17F3O.C7H9F5O2/c1-7-4-8(10(2,20)12(14,15)16)6-9(5-7)11(3,21)13(17,18)19;1-10(2,12(14,15)16)8-4-6-9(7-5-8)11(3,20)13(17,18)19;1-7-3-5-8(6-4-7)9(2,14)10(11,12)13;1-7-5-3-4-6-8(7)9(2,14)10(11,12)13;1-4(2)3-14-6(13,5(4,8)9)7(10,11)12/h7-9,20-21H,4-6H2,1-3H3;8-9,20H,4-7H2,1-3H3;2*7-8,14H,3-6H2,1-2H3;13H,3H2,1-2H3. The van der Waals surface area contributed by atoms with Crippen LogP contribution in [-0.2, 0) is 4.74 Å². The Morgan fingerprint density at radius 3 is 0.940 bits per heavy atom. The van der Waals surface area contributed by atoms with E-state index in [0.717, 1.165) is 73.6 Å². The zero-order valence-corrected chi connectivity index (χ0v) is 48.3. The lowest BCUT2D eigenvalue weighted by molar-refractivity contribution is -0.407. The number of rotatable bonds is 6. The van der Waals surface area contributed by atoms with Crippen molar-refractivity contribution in [2.45, 2.75) is 262 Å². The Morgan fingerprint density at radius 1 is 0.373 bits per heavy atom. The molecule has 5 rings (SSSR count). The molecule has 7 nitrogen and oxygen atoms in total. The number of aliphatic hydroxyl groups is 6. The third-order valence-corrected chi connectivity index (χ3v) is 18.6. The van der Waals surface area contributed by atoms with Crippen LogP contribution in [0.2, 0.25) is 0 Å². The largest absolute Gasteiger partial charge is 0.449 e. The summed E-state index contributed by atoms with van der Waals surface area (Å²) in [6.45, 7) is 12.1. The fourth-order valence-corrected chi connectivity index (χ4v) is 11.4. The minimum atomic E-state index is -5.51. The van der Waals surface area contributed by atoms with Crippen molar-refractivity contribution in [3.63, 3.8) is 0 Å². The molecule has 10 atom stereocenters. The van der Waals surface area contributed by atoms with Gasteiger partial charge in [-0.2, -0.15) is 101 Å². The van der Waals surface area contributed by atoms with Gasteiger partial charge in [0, 0.05) is 0 Å². The minimum absolute atomic E-state index is 0.0308. The Morgan fingerprint density at radius 2 is 0.675 bits per heavy atom. The number of hydrogen-bond acceptors (Lipinski definition) is 7. The average Bonchev–Trinajstić information content (AvgIpc) is 3.46. The van der Waals surface area contributed by atoms with Crippen molar-refractivity contribution in [2.75, 3.05) is 6.61 Å². The highest BCUT2D eigenvalue weighted by Gasteiger charge is 2.79. The molecule has 10 unspecified atom stereocenters. The van der Waals surface area contributed by atoms with E-state index in [-0.39, 0.29) is 44.4 Å². The summed E-state index contributed by atoms with van der Waals surface area (Å²) in [7, 11) is 0. The maximum absolute atomic E-state index is 13.2. The summed E-state index contributed by atoms with van der Waals surface area (Å²) >= 11 is 0. The first-order valence-corrected chi connectivity index (χ1v) is 27.1. The maximum Gasteiger partial charge on any atom is 0.449 e. The van der Waals surface area contributed by atoms with Crippen LogP contribution in [0.5, 0.6) is 0 Å². The SMILES string of the molecule is CC(C)(C1CCC(C(C)(O)C(F)(F)F)CC1)C(F)(F)F.CC1(C)COC(O)(C(F)(F)F)C1(F)F.CC1CC(C(C)(O)C(F)(F)F)CC(C(C)(O)C(F)(F)F)C1.CC1CCC(C(C)(O)C(F)(F)F)CC1.CC1CCCCC1C(C)(O)C(F)(F)F. The first-order valence-electron chi connectivity index (χ1n) is 27.1. The molecule has 6 N–H and O–H groups in total. The molecule has 0 aromatic heterocycles. The molecule has 1 heterocycles. The summed E-state index contributed by atoms with van der Waals surface area (Å²) in [5.41, 5.74) is -18.0. The van der Waals surface area contributed by atoms with Crippen molar-refractivity contribution in [3.05, 3.63) is 0 Å². The molecule has 0 bridgehead atoms. The molecule has 83 heavy (non-hydrogen) atoms. The topological polar surface area (TPSA) is 131 Å². The Kier molecular flexibility index (Phi) is 25.1. The maximum atomic E-state index is 13.2. The number of alkyl halides is 23. The van der Waals surface area contributed by atoms with Gasteiger partial charge in [-0.25, -0.2) is 0 Å². The number of ether oxygens (including phenoxy) is 1. The van der Waals surface area contributed by atoms with Crippen LogP contribution in [0.4, 0.5) is 101 Å². The molecule has 1 saturated heterocycles. The zero-order valence-electron chi connectivity index (χ0n) is 48.3. The van der Waals surface area contributed by atoms with Crippen molar-refractivity contribution < 1.29 is 136 Å². The van der Waals surface area contributed by atoms with Crippen LogP contribution in [0.1, 0.15) is 179 Å². The summed E-state index contributed by atoms with van der Waals surface area (Å²) < 4.78 is 296. The number of hydrogen-bond donors (Lipinski definition) is 6. The van der Waals surface area contributed by atoms with Gasteiger partial charge in [-0.15, -0.1) is 0 Å². The molecule has 0 spiro atoms. The molecule has 498 valence electrons. The molecule has 4 saturated carbocycles. The first kappa shape index (κ1) is 79.1. The van der Waals surface area contributed by atoms with Crippen molar-refractivity contribution in [2.24, 2.45) is 64.1 Å². The van der Waals surface area contributed by atoms with Crippen molar-refractivity contribution in [3.8, 4) is 0 Å². The van der Waals surface area contributed by atoms with Crippen LogP contribution in [0.3, 0.4) is 0 Å². The second-order valence-corrected chi connectivity index (χ2v) is 25.9. The Hall–Kier alpha value is -1.89. The van der Waals surface area contributed by atoms with Gasteiger partial charge in [0.1, 0.15) is 0 Å². The lowest BCUT2D eigenvalue weighted by Crippen LogP contribution is -2.59. The van der Waals surface area contributed by atoms with E-state index in [1.807, 2.05) is 6.92 Å². The highest BCUT2D eigenvalue weighted by molar-refractivity contribution is 5.06. The Bertz CT molecular complexity index is 1920. The third-order valence-electron chi connectivity index (χ3n) is 18.6. The fraction of sp³-hybridized carbons (Fsp3) is 1.00. The normalized spacial score (nSPS) is 33.1. The first-order chi connectivity index (χ1) is 36.3. The molecule has 5 aliphatic rings. The van der Waals surface area contributed by atoms with E-state index in [1.54, 1.807) is 6.92 Å². The molecule has 5 fully saturated rings. The average molecular weight is 1270 g/mol. The molecular formula is C53H83F23O7. The van der Waals surface area contributed by atoms with Crippen molar-refractivity contribution in [1.82, 2.24) is 0 Å². The number of halogens is 23. The highest BCUT2D eigenvalue weighted by Crippen LogP contribution is 2.58. The van der Waals surface area contributed by atoms with Crippen molar-refractivity contribution >= 4 is 0 Å². The summed E-state index contributed by atoms with van der Waals surface area (Å²) in [5, 5.41) is 56.7. The lowest BCUT2D eigenvalue weighted by Gasteiger charge is -2.46. The monoisotopic (exact) mass is 1270 g/mol. The smallest absolute Gasteiger partial charge is 0.380 e. The van der Waals surface area contributed by atoms with Gasteiger partial charge in [-0.05, 0) is 152 Å². The van der Waals surface area contributed by atoms with Gasteiger partial charge in [0.2, 0.25) is 0 Å². The van der Waals surface area contributed by atoms with E-state index in [9.17, 15) is 127 Å². The van der Waals surface area contributed by atoms with Crippen LogP contribution in [0.25, 0.3) is 0 Å². The fourth-order valence-electron chi connectivity index (χ4n) is 11.4. The van der Waals surface area contributed by atoms with E-state index in [0.29, 0.717) is 46.0 Å². The highest BCUT2D eigenvalue weighted by atomic mass is 19.4. The summed E-state index contributed by atoms with van der Waals surface area (Å²) in [5.74, 6) is -14.5. The third kappa shape index (κ3) is 17.9. The summed E-state index contributed by atoms with van der Waals surface area (Å²) in [6.07, 6.45) is -28.5. The van der Waals surface area contributed by atoms with E-state index in [2.05, 4.69) is 4.74 Å². The summed E-state index contributed by atoms with van der Waals surface area (Å²) in [4.78, 5) is 0.